The van der Waals surface area contributed by atoms with E-state index in [9.17, 15) is 4.79 Å². The van der Waals surface area contributed by atoms with E-state index in [0.29, 0.717) is 0 Å². The van der Waals surface area contributed by atoms with Gasteiger partial charge in [0.1, 0.15) is 10.9 Å². The predicted octanol–water partition coefficient (Wildman–Crippen LogP) is 3.50. The van der Waals surface area contributed by atoms with Crippen molar-refractivity contribution in [1.82, 2.24) is 14.9 Å². The molecule has 0 radical (unpaired) electrons. The van der Waals surface area contributed by atoms with Gasteiger partial charge in [-0.3, -0.25) is 9.78 Å². The third-order valence-electron chi connectivity index (χ3n) is 3.67. The van der Waals surface area contributed by atoms with Crippen LogP contribution in [0.5, 0.6) is 0 Å². The second-order valence-corrected chi connectivity index (χ2v) is 6.18. The van der Waals surface area contributed by atoms with Crippen LogP contribution in [0.1, 0.15) is 30.3 Å². The number of pyridine rings is 1. The molecular formula is C15H16ClN3OS. The van der Waals surface area contributed by atoms with Crippen molar-refractivity contribution in [1.29, 1.82) is 0 Å². The average Bonchev–Trinajstić information content (AvgIpc) is 3.05. The quantitative estimate of drug-likeness (QED) is 0.813. The number of carbonyl (C=O) groups excluding carboxylic acids is 1. The number of likely N-dealkylation sites (tertiary alicyclic amines) is 1. The number of aromatic nitrogens is 2. The van der Waals surface area contributed by atoms with Crippen LogP contribution in [-0.2, 0) is 4.79 Å². The number of piperidine rings is 1. The zero-order valence-electron chi connectivity index (χ0n) is 11.5. The largest absolute Gasteiger partial charge is 0.332 e. The standard InChI is InChI=1S/C15H16ClN3OS/c16-9-14(20)19-8-4-2-6-13(19)15-18-12(10-21-15)11-5-1-3-7-17-11/h1,3,5,7,10,13H,2,4,6,8-9H2. The van der Waals surface area contributed by atoms with Crippen LogP contribution < -0.4 is 0 Å². The maximum Gasteiger partial charge on any atom is 0.238 e. The number of nitrogens with zero attached hydrogens (tertiary/aromatic N) is 3. The van der Waals surface area contributed by atoms with Gasteiger partial charge in [-0.25, -0.2) is 4.98 Å². The third-order valence-corrected chi connectivity index (χ3v) is 4.85. The average molecular weight is 322 g/mol. The summed E-state index contributed by atoms with van der Waals surface area (Å²) in [4.78, 5) is 22.9. The molecule has 3 heterocycles. The first-order valence-corrected chi connectivity index (χ1v) is 8.43. The van der Waals surface area contributed by atoms with Gasteiger partial charge in [0.15, 0.2) is 0 Å². The summed E-state index contributed by atoms with van der Waals surface area (Å²) in [6, 6.07) is 5.85. The molecule has 1 saturated heterocycles. The number of hydrogen-bond donors (Lipinski definition) is 0. The molecule has 1 aliphatic heterocycles. The van der Waals surface area contributed by atoms with Gasteiger partial charge in [0, 0.05) is 18.1 Å². The number of thiazole rings is 1. The van der Waals surface area contributed by atoms with Crippen LogP contribution in [0.15, 0.2) is 29.8 Å². The van der Waals surface area contributed by atoms with Crippen LogP contribution in [0.25, 0.3) is 11.4 Å². The van der Waals surface area contributed by atoms with Crippen LogP contribution in [-0.4, -0.2) is 33.2 Å². The number of halogens is 1. The fourth-order valence-electron chi connectivity index (χ4n) is 2.64. The number of carbonyl (C=O) groups is 1. The maximum atomic E-state index is 12.0. The molecule has 21 heavy (non-hydrogen) atoms. The first-order chi connectivity index (χ1) is 10.3. The van der Waals surface area contributed by atoms with Gasteiger partial charge >= 0.3 is 0 Å². The lowest BCUT2D eigenvalue weighted by Gasteiger charge is -2.34. The molecule has 1 fully saturated rings. The number of alkyl halides is 1. The van der Waals surface area contributed by atoms with Crippen LogP contribution in [0, 0.1) is 0 Å². The monoisotopic (exact) mass is 321 g/mol. The van der Waals surface area contributed by atoms with E-state index in [1.165, 1.54) is 0 Å². The molecule has 0 saturated carbocycles. The molecule has 2 aromatic rings. The Balaban J connectivity index is 1.86. The van der Waals surface area contributed by atoms with E-state index in [2.05, 4.69) is 4.98 Å². The third kappa shape index (κ3) is 3.09. The molecule has 1 amide bonds. The Morgan fingerprint density at radius 2 is 2.29 bits per heavy atom. The Morgan fingerprint density at radius 3 is 3.05 bits per heavy atom. The number of hydrogen-bond acceptors (Lipinski definition) is 4. The van der Waals surface area contributed by atoms with Crippen molar-refractivity contribution in [3.05, 3.63) is 34.8 Å². The number of amides is 1. The first kappa shape index (κ1) is 14.5. The minimum absolute atomic E-state index is 0.00375. The zero-order chi connectivity index (χ0) is 14.7. The Labute approximate surface area is 132 Å². The molecule has 1 aliphatic rings. The van der Waals surface area contributed by atoms with Crippen molar-refractivity contribution in [3.63, 3.8) is 0 Å². The molecule has 3 rings (SSSR count). The highest BCUT2D eigenvalue weighted by atomic mass is 35.5. The maximum absolute atomic E-state index is 12.0. The second-order valence-electron chi connectivity index (χ2n) is 5.02. The normalized spacial score (nSPS) is 18.7. The van der Waals surface area contributed by atoms with Crippen molar-refractivity contribution >= 4 is 28.8 Å². The van der Waals surface area contributed by atoms with Gasteiger partial charge in [0.2, 0.25) is 5.91 Å². The smallest absolute Gasteiger partial charge is 0.238 e. The van der Waals surface area contributed by atoms with E-state index >= 15 is 0 Å². The lowest BCUT2D eigenvalue weighted by Crippen LogP contribution is -2.39. The molecule has 2 aromatic heterocycles. The summed E-state index contributed by atoms with van der Waals surface area (Å²) in [5.74, 6) is 0.0329. The Kier molecular flexibility index (Phi) is 4.51. The lowest BCUT2D eigenvalue weighted by atomic mass is 10.0. The van der Waals surface area contributed by atoms with Gasteiger partial charge < -0.3 is 4.90 Å². The molecule has 110 valence electrons. The lowest BCUT2D eigenvalue weighted by molar-refractivity contribution is -0.132. The highest BCUT2D eigenvalue weighted by Gasteiger charge is 2.29. The van der Waals surface area contributed by atoms with Crippen LogP contribution in [0.4, 0.5) is 0 Å². The summed E-state index contributed by atoms with van der Waals surface area (Å²) in [6.07, 6.45) is 4.88. The van der Waals surface area contributed by atoms with Gasteiger partial charge in [-0.15, -0.1) is 22.9 Å². The minimum Gasteiger partial charge on any atom is -0.332 e. The van der Waals surface area contributed by atoms with Gasteiger partial charge in [-0.1, -0.05) is 6.07 Å². The van der Waals surface area contributed by atoms with Crippen LogP contribution >= 0.6 is 22.9 Å². The molecule has 0 aliphatic carbocycles. The fraction of sp³-hybridized carbons (Fsp3) is 0.400. The van der Waals surface area contributed by atoms with Gasteiger partial charge in [-0.05, 0) is 31.4 Å². The summed E-state index contributed by atoms with van der Waals surface area (Å²) < 4.78 is 0. The van der Waals surface area contributed by atoms with Crippen molar-refractivity contribution in [2.45, 2.75) is 25.3 Å². The molecule has 0 spiro atoms. The van der Waals surface area contributed by atoms with Gasteiger partial charge in [0.25, 0.3) is 0 Å². The highest BCUT2D eigenvalue weighted by molar-refractivity contribution is 7.10. The van der Waals surface area contributed by atoms with Crippen LogP contribution in [0.2, 0.25) is 0 Å². The summed E-state index contributed by atoms with van der Waals surface area (Å²) in [7, 11) is 0. The van der Waals surface area contributed by atoms with E-state index in [0.717, 1.165) is 42.2 Å². The Hall–Kier alpha value is -1.46. The van der Waals surface area contributed by atoms with E-state index in [4.69, 9.17) is 16.6 Å². The van der Waals surface area contributed by atoms with Crippen LogP contribution in [0.3, 0.4) is 0 Å². The summed E-state index contributed by atoms with van der Waals surface area (Å²) in [5, 5.41) is 2.99. The zero-order valence-corrected chi connectivity index (χ0v) is 13.1. The number of rotatable bonds is 3. The van der Waals surface area contributed by atoms with E-state index in [-0.39, 0.29) is 17.8 Å². The molecule has 1 atom stereocenters. The van der Waals surface area contributed by atoms with Gasteiger partial charge in [0.05, 0.1) is 17.4 Å². The molecule has 0 bridgehead atoms. The second kappa shape index (κ2) is 6.54. The van der Waals surface area contributed by atoms with Crippen molar-refractivity contribution in [3.8, 4) is 11.4 Å². The van der Waals surface area contributed by atoms with Gasteiger partial charge in [-0.2, -0.15) is 0 Å². The van der Waals surface area contributed by atoms with Crippen molar-refractivity contribution in [2.24, 2.45) is 0 Å². The van der Waals surface area contributed by atoms with Crippen molar-refractivity contribution < 1.29 is 4.79 Å². The first-order valence-electron chi connectivity index (χ1n) is 7.02. The molecule has 6 heteroatoms. The summed E-state index contributed by atoms with van der Waals surface area (Å²) in [5.41, 5.74) is 1.74. The fourth-order valence-corrected chi connectivity index (χ4v) is 3.75. The van der Waals surface area contributed by atoms with Crippen molar-refractivity contribution in [2.75, 3.05) is 12.4 Å². The molecule has 1 unspecified atom stereocenters. The molecular weight excluding hydrogens is 306 g/mol. The summed E-state index contributed by atoms with van der Waals surface area (Å²) >= 11 is 7.32. The Bertz CT molecular complexity index is 616. The topological polar surface area (TPSA) is 46.1 Å². The highest BCUT2D eigenvalue weighted by Crippen LogP contribution is 2.34. The minimum atomic E-state index is -0.00375. The summed E-state index contributed by atoms with van der Waals surface area (Å²) in [6.45, 7) is 0.773. The van der Waals surface area contributed by atoms with E-state index < -0.39 is 0 Å². The molecule has 4 nitrogen and oxygen atoms in total. The Morgan fingerprint density at radius 1 is 1.38 bits per heavy atom. The van der Waals surface area contributed by atoms with E-state index in [1.807, 2.05) is 28.5 Å². The van der Waals surface area contributed by atoms with E-state index in [1.54, 1.807) is 17.5 Å². The predicted molar refractivity (Wildman–Crippen MR) is 84.4 cm³/mol. The molecule has 0 N–H and O–H groups in total. The molecule has 0 aromatic carbocycles. The SMILES string of the molecule is O=C(CCl)N1CCCCC1c1nc(-c2ccccn2)cs1.